The van der Waals surface area contributed by atoms with Gasteiger partial charge in [0.2, 0.25) is 0 Å². The summed E-state index contributed by atoms with van der Waals surface area (Å²) in [5, 5.41) is 3.42. The summed E-state index contributed by atoms with van der Waals surface area (Å²) in [6.07, 6.45) is 7.63. The van der Waals surface area contributed by atoms with E-state index in [1.165, 1.54) is 5.70 Å². The van der Waals surface area contributed by atoms with Crippen molar-refractivity contribution in [1.82, 2.24) is 15.3 Å². The van der Waals surface area contributed by atoms with E-state index in [0.29, 0.717) is 17.8 Å². The monoisotopic (exact) mass is 285 g/mol. The molecular weight excluding hydrogens is 262 g/mol. The van der Waals surface area contributed by atoms with Gasteiger partial charge in [-0.3, -0.25) is 0 Å². The highest BCUT2D eigenvalue weighted by atomic mass is 15.3. The number of nitrogens with one attached hydrogen (secondary N) is 1. The van der Waals surface area contributed by atoms with E-state index in [1.807, 2.05) is 13.1 Å². The van der Waals surface area contributed by atoms with Crippen LogP contribution in [0, 0.1) is 5.92 Å². The third-order valence-corrected chi connectivity index (χ3v) is 4.26. The van der Waals surface area contributed by atoms with Gasteiger partial charge < -0.3 is 16.0 Å². The molecule has 21 heavy (non-hydrogen) atoms. The SMILES string of the molecule is CNC1CN(c2cc(N)nc(C(C)C)n2)C2=CC=CCC21. The largest absolute Gasteiger partial charge is 0.384 e. The Morgan fingerprint density at radius 2 is 2.19 bits per heavy atom. The fourth-order valence-electron chi connectivity index (χ4n) is 3.11. The van der Waals surface area contributed by atoms with Crippen molar-refractivity contribution in [3.63, 3.8) is 0 Å². The molecule has 3 N–H and O–H groups in total. The Morgan fingerprint density at radius 1 is 1.38 bits per heavy atom. The van der Waals surface area contributed by atoms with Crippen LogP contribution in [-0.2, 0) is 0 Å². The summed E-state index contributed by atoms with van der Waals surface area (Å²) >= 11 is 0. The zero-order valence-corrected chi connectivity index (χ0v) is 12.9. The molecule has 5 nitrogen and oxygen atoms in total. The summed E-state index contributed by atoms with van der Waals surface area (Å²) < 4.78 is 0. The maximum absolute atomic E-state index is 5.97. The molecule has 3 rings (SSSR count). The number of nitrogen functional groups attached to an aromatic ring is 1. The van der Waals surface area contributed by atoms with Crippen molar-refractivity contribution in [3.8, 4) is 0 Å². The van der Waals surface area contributed by atoms with Gasteiger partial charge >= 0.3 is 0 Å². The van der Waals surface area contributed by atoms with E-state index in [1.54, 1.807) is 0 Å². The van der Waals surface area contributed by atoms with E-state index in [9.17, 15) is 0 Å². The average molecular weight is 285 g/mol. The molecule has 2 unspecified atom stereocenters. The van der Waals surface area contributed by atoms with Crippen LogP contribution in [0.1, 0.15) is 32.0 Å². The molecule has 0 saturated carbocycles. The second-order valence-electron chi connectivity index (χ2n) is 6.03. The first-order valence-corrected chi connectivity index (χ1v) is 7.56. The van der Waals surface area contributed by atoms with Crippen molar-refractivity contribution >= 4 is 11.6 Å². The molecule has 0 bridgehead atoms. The van der Waals surface area contributed by atoms with Crippen molar-refractivity contribution in [2.75, 3.05) is 24.2 Å². The lowest BCUT2D eigenvalue weighted by molar-refractivity contribution is 0.481. The quantitative estimate of drug-likeness (QED) is 0.889. The van der Waals surface area contributed by atoms with Gasteiger partial charge in [0.15, 0.2) is 0 Å². The van der Waals surface area contributed by atoms with E-state index in [4.69, 9.17) is 10.7 Å². The third-order valence-electron chi connectivity index (χ3n) is 4.26. The van der Waals surface area contributed by atoms with Crippen LogP contribution in [0.15, 0.2) is 30.0 Å². The van der Waals surface area contributed by atoms with Gasteiger partial charge in [0.05, 0.1) is 0 Å². The van der Waals surface area contributed by atoms with Gasteiger partial charge in [-0.1, -0.05) is 26.0 Å². The maximum Gasteiger partial charge on any atom is 0.138 e. The molecule has 1 aromatic rings. The summed E-state index contributed by atoms with van der Waals surface area (Å²) in [7, 11) is 2.03. The van der Waals surface area contributed by atoms with Crippen LogP contribution in [0.3, 0.4) is 0 Å². The fraction of sp³-hybridized carbons (Fsp3) is 0.500. The number of allylic oxidation sites excluding steroid dienone is 3. The molecule has 0 spiro atoms. The Kier molecular flexibility index (Phi) is 3.68. The highest BCUT2D eigenvalue weighted by Crippen LogP contribution is 2.37. The molecule has 1 aliphatic heterocycles. The van der Waals surface area contributed by atoms with Crippen molar-refractivity contribution in [2.24, 2.45) is 5.92 Å². The average Bonchev–Trinajstić information content (AvgIpc) is 2.85. The molecular formula is C16H23N5. The molecule has 0 amide bonds. The van der Waals surface area contributed by atoms with Crippen LogP contribution >= 0.6 is 0 Å². The van der Waals surface area contributed by atoms with Crippen LogP contribution in [-0.4, -0.2) is 29.6 Å². The second kappa shape index (κ2) is 5.48. The molecule has 2 heterocycles. The first kappa shape index (κ1) is 14.1. The van der Waals surface area contributed by atoms with Crippen LogP contribution in [0.2, 0.25) is 0 Å². The zero-order valence-electron chi connectivity index (χ0n) is 12.9. The smallest absolute Gasteiger partial charge is 0.138 e. The zero-order chi connectivity index (χ0) is 15.0. The first-order chi connectivity index (χ1) is 10.1. The van der Waals surface area contributed by atoms with Gasteiger partial charge in [0.25, 0.3) is 0 Å². The number of hydrogen-bond acceptors (Lipinski definition) is 5. The van der Waals surface area contributed by atoms with E-state index >= 15 is 0 Å². The predicted molar refractivity (Wildman–Crippen MR) is 86.1 cm³/mol. The molecule has 112 valence electrons. The number of anilines is 2. The molecule has 0 aromatic carbocycles. The molecule has 1 fully saturated rings. The first-order valence-electron chi connectivity index (χ1n) is 7.56. The van der Waals surface area contributed by atoms with E-state index < -0.39 is 0 Å². The van der Waals surface area contributed by atoms with Gasteiger partial charge in [-0.25, -0.2) is 9.97 Å². The molecule has 1 aliphatic carbocycles. The van der Waals surface area contributed by atoms with E-state index in [2.05, 4.69) is 47.3 Å². The molecule has 2 aliphatic rings. The summed E-state index contributed by atoms with van der Waals surface area (Å²) in [6, 6.07) is 2.32. The predicted octanol–water partition coefficient (Wildman–Crippen LogP) is 2.05. The standard InChI is InChI=1S/C16H23N5/c1-10(2)16-19-14(17)8-15(20-16)21-9-12(18-3)11-6-4-5-7-13(11)21/h4-5,7-8,10-12,18H,6,9H2,1-3H3,(H2,17,19,20). The van der Waals surface area contributed by atoms with Gasteiger partial charge in [0, 0.05) is 36.2 Å². The summed E-state index contributed by atoms with van der Waals surface area (Å²) in [5.41, 5.74) is 7.30. The molecule has 0 radical (unpaired) electrons. The molecule has 2 atom stereocenters. The number of hydrogen-bond donors (Lipinski definition) is 2. The number of rotatable bonds is 3. The van der Waals surface area contributed by atoms with Crippen molar-refractivity contribution < 1.29 is 0 Å². The van der Waals surface area contributed by atoms with Crippen molar-refractivity contribution in [1.29, 1.82) is 0 Å². The van der Waals surface area contributed by atoms with Crippen molar-refractivity contribution in [2.45, 2.75) is 32.2 Å². The lowest BCUT2D eigenvalue weighted by atomic mass is 9.93. The van der Waals surface area contributed by atoms with Crippen LogP contribution < -0.4 is 16.0 Å². The highest BCUT2D eigenvalue weighted by Gasteiger charge is 2.37. The second-order valence-corrected chi connectivity index (χ2v) is 6.03. The number of fused-ring (bicyclic) bond motifs is 1. The van der Waals surface area contributed by atoms with Gasteiger partial charge in [-0.15, -0.1) is 0 Å². The van der Waals surface area contributed by atoms with Crippen molar-refractivity contribution in [3.05, 3.63) is 35.8 Å². The number of nitrogens with two attached hydrogens (primary N) is 1. The Labute approximate surface area is 126 Å². The Balaban J connectivity index is 2.00. The Morgan fingerprint density at radius 3 is 2.90 bits per heavy atom. The highest BCUT2D eigenvalue weighted by molar-refractivity contribution is 5.56. The topological polar surface area (TPSA) is 67.1 Å². The normalized spacial score (nSPS) is 24.4. The van der Waals surface area contributed by atoms with Gasteiger partial charge in [-0.05, 0) is 19.5 Å². The minimum atomic E-state index is 0.269. The third kappa shape index (κ3) is 2.53. The fourth-order valence-corrected chi connectivity index (χ4v) is 3.11. The Bertz CT molecular complexity index is 590. The van der Waals surface area contributed by atoms with Gasteiger partial charge in [0.1, 0.15) is 17.5 Å². The maximum atomic E-state index is 5.97. The molecule has 5 heteroatoms. The summed E-state index contributed by atoms with van der Waals surface area (Å²) in [5.74, 6) is 3.04. The Hall–Kier alpha value is -1.88. The summed E-state index contributed by atoms with van der Waals surface area (Å²) in [6.45, 7) is 5.09. The van der Waals surface area contributed by atoms with Crippen LogP contribution in [0.25, 0.3) is 0 Å². The molecule has 1 saturated heterocycles. The number of nitrogens with zero attached hydrogens (tertiary/aromatic N) is 3. The van der Waals surface area contributed by atoms with Crippen LogP contribution in [0.5, 0.6) is 0 Å². The number of likely N-dealkylation sites (N-methyl/N-ethyl adjacent to an activating group) is 1. The minimum Gasteiger partial charge on any atom is -0.384 e. The van der Waals surface area contributed by atoms with E-state index in [-0.39, 0.29) is 5.92 Å². The van der Waals surface area contributed by atoms with Crippen LogP contribution in [0.4, 0.5) is 11.6 Å². The van der Waals surface area contributed by atoms with Gasteiger partial charge in [-0.2, -0.15) is 0 Å². The number of aromatic nitrogens is 2. The lowest BCUT2D eigenvalue weighted by Crippen LogP contribution is -2.33. The summed E-state index contributed by atoms with van der Waals surface area (Å²) in [4.78, 5) is 11.3. The lowest BCUT2D eigenvalue weighted by Gasteiger charge is -2.23. The molecule has 1 aromatic heterocycles. The minimum absolute atomic E-state index is 0.269. The van der Waals surface area contributed by atoms with E-state index in [0.717, 1.165) is 24.6 Å².